The van der Waals surface area contributed by atoms with E-state index in [2.05, 4.69) is 0 Å². The van der Waals surface area contributed by atoms with Crippen molar-refractivity contribution in [3.8, 4) is 0 Å². The van der Waals surface area contributed by atoms with E-state index in [0.717, 1.165) is 19.3 Å². The summed E-state index contributed by atoms with van der Waals surface area (Å²) < 4.78 is 0. The van der Waals surface area contributed by atoms with Crippen molar-refractivity contribution in [1.29, 1.82) is 0 Å². The minimum absolute atomic E-state index is 0.420. The van der Waals surface area contributed by atoms with Crippen LogP contribution in [0.5, 0.6) is 0 Å². The van der Waals surface area contributed by atoms with Gasteiger partial charge in [0.25, 0.3) is 0 Å². The van der Waals surface area contributed by atoms with Crippen LogP contribution in [0.25, 0.3) is 0 Å². The van der Waals surface area contributed by atoms with Crippen molar-refractivity contribution >= 4 is 11.8 Å². The molecule has 1 fully saturated rings. The molecule has 0 heterocycles. The van der Waals surface area contributed by atoms with Crippen LogP contribution in [0, 0.1) is 5.92 Å². The van der Waals surface area contributed by atoms with Gasteiger partial charge in [0.05, 0.1) is 0 Å². The number of hydrogen-bond donors (Lipinski definition) is 2. The van der Waals surface area contributed by atoms with Crippen LogP contribution in [0.3, 0.4) is 0 Å². The van der Waals surface area contributed by atoms with Gasteiger partial charge in [0.2, 0.25) is 11.8 Å². The minimum atomic E-state index is -0.501. The number of primary amides is 2. The monoisotopic (exact) mass is 218 g/mol. The summed E-state index contributed by atoms with van der Waals surface area (Å²) in [5.74, 6) is -0.434. The van der Waals surface area contributed by atoms with Gasteiger partial charge in [-0.1, -0.05) is 6.07 Å². The van der Waals surface area contributed by atoms with Crippen molar-refractivity contribution < 1.29 is 9.59 Å². The fourth-order valence-corrected chi connectivity index (χ4v) is 1.88. The van der Waals surface area contributed by atoms with Crippen LogP contribution in [0.2, 0.25) is 0 Å². The van der Waals surface area contributed by atoms with Gasteiger partial charge in [0.1, 0.15) is 0 Å². The lowest BCUT2D eigenvalue weighted by atomic mass is 9.95. The summed E-state index contributed by atoms with van der Waals surface area (Å²) in [7, 11) is 0. The zero-order valence-corrected chi connectivity index (χ0v) is 8.90. The highest BCUT2D eigenvalue weighted by Gasteiger charge is 2.26. The molecule has 16 heavy (non-hydrogen) atoms. The van der Waals surface area contributed by atoms with Gasteiger partial charge in [-0.15, -0.1) is 0 Å². The van der Waals surface area contributed by atoms with E-state index < -0.39 is 11.8 Å². The molecule has 1 saturated carbocycles. The molecule has 2 amide bonds. The zero-order chi connectivity index (χ0) is 11.7. The predicted octanol–water partition coefficient (Wildman–Crippen LogP) is 0.837. The predicted molar refractivity (Wildman–Crippen MR) is 59.9 cm³/mol. The fraction of sp³-hybridized carbons (Fsp3) is 0.333. The van der Waals surface area contributed by atoms with Crippen LogP contribution in [0.4, 0.5) is 0 Å². The second-order valence-corrected chi connectivity index (χ2v) is 4.21. The van der Waals surface area contributed by atoms with Crippen LogP contribution in [-0.4, -0.2) is 11.8 Å². The third-order valence-electron chi connectivity index (χ3n) is 2.90. The van der Waals surface area contributed by atoms with Gasteiger partial charge in [0, 0.05) is 11.1 Å². The number of rotatable bonds is 4. The maximum atomic E-state index is 11.3. The maximum absolute atomic E-state index is 11.3. The Morgan fingerprint density at radius 2 is 1.62 bits per heavy atom. The number of nitrogens with two attached hydrogens (primary N) is 2. The van der Waals surface area contributed by atoms with E-state index in [1.165, 1.54) is 0 Å². The fourth-order valence-electron chi connectivity index (χ4n) is 1.88. The van der Waals surface area contributed by atoms with Crippen LogP contribution in [0.15, 0.2) is 18.2 Å². The summed E-state index contributed by atoms with van der Waals surface area (Å²) >= 11 is 0. The largest absolute Gasteiger partial charge is 0.366 e. The molecule has 4 nitrogen and oxygen atoms in total. The lowest BCUT2D eigenvalue weighted by Gasteiger charge is -2.10. The quantitative estimate of drug-likeness (QED) is 0.784. The Balaban J connectivity index is 2.47. The third-order valence-corrected chi connectivity index (χ3v) is 2.90. The Morgan fingerprint density at radius 3 is 2.00 bits per heavy atom. The molecule has 0 spiro atoms. The van der Waals surface area contributed by atoms with Gasteiger partial charge in [-0.3, -0.25) is 9.59 Å². The molecule has 0 saturated heterocycles. The Bertz CT molecular complexity index is 418. The Kier molecular flexibility index (Phi) is 2.64. The average Bonchev–Trinajstić information content (AvgIpc) is 3.01. The molecule has 0 unspecified atom stereocenters. The van der Waals surface area contributed by atoms with E-state index in [1.807, 2.05) is 0 Å². The molecular formula is C12H14N2O2. The van der Waals surface area contributed by atoms with E-state index in [1.54, 1.807) is 18.2 Å². The molecule has 2 rings (SSSR count). The zero-order valence-electron chi connectivity index (χ0n) is 8.90. The Hall–Kier alpha value is -1.84. The summed E-state index contributed by atoms with van der Waals surface area (Å²) in [6.45, 7) is 0. The number of hydrogen-bond acceptors (Lipinski definition) is 2. The van der Waals surface area contributed by atoms with E-state index in [0.29, 0.717) is 22.6 Å². The van der Waals surface area contributed by atoms with E-state index >= 15 is 0 Å². The summed E-state index contributed by atoms with van der Waals surface area (Å²) in [5, 5.41) is 0. The topological polar surface area (TPSA) is 86.2 Å². The van der Waals surface area contributed by atoms with Gasteiger partial charge in [-0.25, -0.2) is 0 Å². The van der Waals surface area contributed by atoms with Crippen LogP contribution >= 0.6 is 0 Å². The van der Waals surface area contributed by atoms with Crippen molar-refractivity contribution in [2.24, 2.45) is 17.4 Å². The minimum Gasteiger partial charge on any atom is -0.366 e. The smallest absolute Gasteiger partial charge is 0.249 e. The van der Waals surface area contributed by atoms with Gasteiger partial charge in [-0.05, 0) is 42.9 Å². The number of amides is 2. The van der Waals surface area contributed by atoms with Crippen molar-refractivity contribution in [1.82, 2.24) is 0 Å². The van der Waals surface area contributed by atoms with Gasteiger partial charge < -0.3 is 11.5 Å². The Labute approximate surface area is 93.6 Å². The number of carbonyl (C=O) groups excluding carboxylic acids is 2. The Morgan fingerprint density at radius 1 is 1.12 bits per heavy atom. The van der Waals surface area contributed by atoms with Crippen molar-refractivity contribution in [2.75, 3.05) is 0 Å². The molecule has 1 aromatic carbocycles. The molecule has 4 heteroatoms. The molecule has 84 valence electrons. The molecular weight excluding hydrogens is 204 g/mol. The van der Waals surface area contributed by atoms with Crippen LogP contribution in [-0.2, 0) is 6.42 Å². The number of benzene rings is 1. The van der Waals surface area contributed by atoms with Gasteiger partial charge >= 0.3 is 0 Å². The second kappa shape index (κ2) is 3.96. The molecule has 0 radical (unpaired) electrons. The highest BCUT2D eigenvalue weighted by molar-refractivity contribution is 6.01. The summed E-state index contributed by atoms with van der Waals surface area (Å²) in [4.78, 5) is 22.5. The van der Waals surface area contributed by atoms with E-state index in [4.69, 9.17) is 11.5 Å². The summed E-state index contributed by atoms with van der Waals surface area (Å²) in [6.07, 6.45) is 3.01. The average molecular weight is 218 g/mol. The third kappa shape index (κ3) is 2.05. The number of carbonyl (C=O) groups is 2. The molecule has 1 aromatic rings. The highest BCUT2D eigenvalue weighted by Crippen LogP contribution is 2.34. The van der Waals surface area contributed by atoms with Gasteiger partial charge in [-0.2, -0.15) is 0 Å². The first kappa shape index (κ1) is 10.7. The SMILES string of the molecule is NC(=O)c1cccc(C(N)=O)c1CC1CC1. The molecule has 1 aliphatic rings. The molecule has 0 aromatic heterocycles. The lowest BCUT2D eigenvalue weighted by Crippen LogP contribution is -2.20. The molecule has 0 aliphatic heterocycles. The first-order valence-corrected chi connectivity index (χ1v) is 5.31. The van der Waals surface area contributed by atoms with E-state index in [-0.39, 0.29) is 0 Å². The molecule has 0 atom stereocenters. The van der Waals surface area contributed by atoms with E-state index in [9.17, 15) is 9.59 Å². The van der Waals surface area contributed by atoms with Crippen LogP contribution in [0.1, 0.15) is 39.1 Å². The standard InChI is InChI=1S/C12H14N2O2/c13-11(15)8-2-1-3-9(12(14)16)10(8)6-7-4-5-7/h1-3,7H,4-6H2,(H2,13,15)(H2,14,16). The van der Waals surface area contributed by atoms with Crippen LogP contribution < -0.4 is 11.5 Å². The van der Waals surface area contributed by atoms with Crippen molar-refractivity contribution in [3.63, 3.8) is 0 Å². The first-order valence-electron chi connectivity index (χ1n) is 5.31. The van der Waals surface area contributed by atoms with Crippen molar-refractivity contribution in [3.05, 3.63) is 34.9 Å². The molecule has 0 bridgehead atoms. The normalized spacial score (nSPS) is 14.8. The lowest BCUT2D eigenvalue weighted by molar-refractivity contribution is 0.0999. The second-order valence-electron chi connectivity index (χ2n) is 4.21. The van der Waals surface area contributed by atoms with Gasteiger partial charge in [0.15, 0.2) is 0 Å². The van der Waals surface area contributed by atoms with Crippen molar-refractivity contribution in [2.45, 2.75) is 19.3 Å². The first-order chi connectivity index (χ1) is 7.59. The highest BCUT2D eigenvalue weighted by atomic mass is 16.1. The molecule has 4 N–H and O–H groups in total. The summed E-state index contributed by atoms with van der Waals surface area (Å²) in [6, 6.07) is 4.93. The summed E-state index contributed by atoms with van der Waals surface area (Å²) in [5.41, 5.74) is 12.1. The molecule has 1 aliphatic carbocycles. The maximum Gasteiger partial charge on any atom is 0.249 e.